The van der Waals surface area contributed by atoms with Gasteiger partial charge in [-0.05, 0) is 24.3 Å². The molecule has 2 aromatic heterocycles. The van der Waals surface area contributed by atoms with Crippen LogP contribution in [0.5, 0.6) is 0 Å². The molecule has 0 saturated heterocycles. The average Bonchev–Trinajstić information content (AvgIpc) is 2.45. The molecule has 7 nitrogen and oxygen atoms in total. The highest BCUT2D eigenvalue weighted by Gasteiger charge is 1.99. The monoisotopic (exact) mass is 244 g/mol. The molecule has 0 spiro atoms. The van der Waals surface area contributed by atoms with Crippen LogP contribution in [0.25, 0.3) is 0 Å². The minimum Gasteiger partial charge on any atom is -0.280 e. The van der Waals surface area contributed by atoms with Crippen molar-refractivity contribution in [1.29, 1.82) is 0 Å². The minimum atomic E-state index is -0.452. The van der Waals surface area contributed by atoms with Gasteiger partial charge < -0.3 is 0 Å². The van der Waals surface area contributed by atoms with Gasteiger partial charge in [0.05, 0.1) is 0 Å². The summed E-state index contributed by atoms with van der Waals surface area (Å²) >= 11 is 0. The molecule has 2 aromatic rings. The fraction of sp³-hybridized carbons (Fsp3) is 0. The van der Waals surface area contributed by atoms with E-state index in [0.29, 0.717) is 11.6 Å². The first kappa shape index (κ1) is 11.6. The predicted molar refractivity (Wildman–Crippen MR) is 67.4 cm³/mol. The number of nitrogens with one attached hydrogen (secondary N) is 4. The van der Waals surface area contributed by atoms with Gasteiger partial charge in [0.2, 0.25) is 0 Å². The number of hydrazine groups is 2. The number of aromatic nitrogens is 2. The normalized spacial score (nSPS) is 9.33. The lowest BCUT2D eigenvalue weighted by molar-refractivity contribution is 0.244. The average molecular weight is 244 g/mol. The van der Waals surface area contributed by atoms with Gasteiger partial charge in [-0.25, -0.2) is 25.6 Å². The second-order valence-corrected chi connectivity index (χ2v) is 3.26. The van der Waals surface area contributed by atoms with Gasteiger partial charge in [0, 0.05) is 12.4 Å². The van der Waals surface area contributed by atoms with E-state index < -0.39 is 6.03 Å². The van der Waals surface area contributed by atoms with Crippen molar-refractivity contribution in [3.05, 3.63) is 48.8 Å². The number of anilines is 2. The molecule has 0 bridgehead atoms. The third-order valence-electron chi connectivity index (χ3n) is 1.94. The number of rotatable bonds is 4. The smallest absolute Gasteiger partial charge is 0.280 e. The fourth-order valence-corrected chi connectivity index (χ4v) is 1.15. The summed E-state index contributed by atoms with van der Waals surface area (Å²) in [5.74, 6) is 1.09. The highest BCUT2D eigenvalue weighted by Crippen LogP contribution is 1.97. The summed E-state index contributed by atoms with van der Waals surface area (Å²) in [6.07, 6.45) is 3.24. The Balaban J connectivity index is 1.73. The van der Waals surface area contributed by atoms with Gasteiger partial charge >= 0.3 is 6.03 Å². The zero-order valence-electron chi connectivity index (χ0n) is 9.42. The van der Waals surface area contributed by atoms with E-state index in [-0.39, 0.29) is 0 Å². The van der Waals surface area contributed by atoms with E-state index in [2.05, 4.69) is 31.7 Å². The van der Waals surface area contributed by atoms with Gasteiger partial charge in [0.25, 0.3) is 0 Å². The molecule has 0 fully saturated rings. The van der Waals surface area contributed by atoms with E-state index in [0.717, 1.165) is 0 Å². The Kier molecular flexibility index (Phi) is 3.91. The maximum absolute atomic E-state index is 11.4. The Morgan fingerprint density at radius 1 is 0.833 bits per heavy atom. The molecule has 92 valence electrons. The van der Waals surface area contributed by atoms with Crippen LogP contribution in [0, 0.1) is 0 Å². The summed E-state index contributed by atoms with van der Waals surface area (Å²) < 4.78 is 0. The van der Waals surface area contributed by atoms with E-state index in [1.54, 1.807) is 48.8 Å². The summed E-state index contributed by atoms with van der Waals surface area (Å²) in [5, 5.41) is 0. The number of hydrogen-bond acceptors (Lipinski definition) is 5. The number of nitrogens with zero attached hydrogens (tertiary/aromatic N) is 2. The summed E-state index contributed by atoms with van der Waals surface area (Å²) in [4.78, 5) is 19.4. The second-order valence-electron chi connectivity index (χ2n) is 3.26. The third-order valence-corrected chi connectivity index (χ3v) is 1.94. The molecule has 2 amide bonds. The predicted octanol–water partition coefficient (Wildman–Crippen LogP) is 1.13. The van der Waals surface area contributed by atoms with Crippen molar-refractivity contribution in [3.63, 3.8) is 0 Å². The van der Waals surface area contributed by atoms with Crippen LogP contribution in [0.4, 0.5) is 16.4 Å². The van der Waals surface area contributed by atoms with Gasteiger partial charge in [0.15, 0.2) is 0 Å². The minimum absolute atomic E-state index is 0.452. The quantitative estimate of drug-likeness (QED) is 0.605. The SMILES string of the molecule is O=C(NNc1ccccn1)NNc1ccccn1. The highest BCUT2D eigenvalue weighted by atomic mass is 16.2. The van der Waals surface area contributed by atoms with Crippen molar-refractivity contribution >= 4 is 17.7 Å². The Morgan fingerprint density at radius 2 is 1.33 bits per heavy atom. The van der Waals surface area contributed by atoms with Crippen molar-refractivity contribution < 1.29 is 4.79 Å². The zero-order valence-corrected chi connectivity index (χ0v) is 9.42. The Morgan fingerprint density at radius 3 is 1.72 bits per heavy atom. The maximum Gasteiger partial charge on any atom is 0.352 e. The maximum atomic E-state index is 11.4. The lowest BCUT2D eigenvalue weighted by Crippen LogP contribution is -2.42. The van der Waals surface area contributed by atoms with Crippen LogP contribution in [0.1, 0.15) is 0 Å². The molecule has 2 heterocycles. The highest BCUT2D eigenvalue weighted by molar-refractivity contribution is 5.76. The van der Waals surface area contributed by atoms with E-state index in [9.17, 15) is 4.79 Å². The molecular formula is C11H12N6O. The second kappa shape index (κ2) is 6.04. The lowest BCUT2D eigenvalue weighted by Gasteiger charge is -2.10. The molecule has 0 aliphatic rings. The van der Waals surface area contributed by atoms with Crippen LogP contribution in [-0.4, -0.2) is 16.0 Å². The first-order valence-corrected chi connectivity index (χ1v) is 5.25. The summed E-state index contributed by atoms with van der Waals surface area (Å²) in [6.45, 7) is 0. The Labute approximate surface area is 104 Å². The largest absolute Gasteiger partial charge is 0.352 e. The molecule has 4 N–H and O–H groups in total. The molecule has 0 atom stereocenters. The van der Waals surface area contributed by atoms with Crippen molar-refractivity contribution in [2.75, 3.05) is 10.9 Å². The molecule has 0 aliphatic heterocycles. The van der Waals surface area contributed by atoms with Gasteiger partial charge in [0.1, 0.15) is 11.6 Å². The first-order valence-electron chi connectivity index (χ1n) is 5.25. The van der Waals surface area contributed by atoms with Crippen molar-refractivity contribution in [3.8, 4) is 0 Å². The van der Waals surface area contributed by atoms with Crippen molar-refractivity contribution in [2.24, 2.45) is 0 Å². The standard InChI is InChI=1S/C11H12N6O/c18-11(16-14-9-5-1-3-7-12-9)17-15-10-6-2-4-8-13-10/h1-8H,(H,12,14)(H,13,15)(H2,16,17,18). The molecular weight excluding hydrogens is 232 g/mol. The van der Waals surface area contributed by atoms with Gasteiger partial charge in [-0.15, -0.1) is 0 Å². The van der Waals surface area contributed by atoms with Crippen LogP contribution >= 0.6 is 0 Å². The number of carbonyl (C=O) groups is 1. The van der Waals surface area contributed by atoms with Crippen LogP contribution < -0.4 is 21.7 Å². The third kappa shape index (κ3) is 3.63. The summed E-state index contributed by atoms with van der Waals surface area (Å²) in [5.41, 5.74) is 10.1. The summed E-state index contributed by atoms with van der Waals surface area (Å²) in [6, 6.07) is 10.2. The lowest BCUT2D eigenvalue weighted by atomic mass is 10.5. The Bertz CT molecular complexity index is 444. The van der Waals surface area contributed by atoms with Crippen LogP contribution in [-0.2, 0) is 0 Å². The molecule has 0 aromatic carbocycles. The number of amides is 2. The van der Waals surface area contributed by atoms with Crippen molar-refractivity contribution in [2.45, 2.75) is 0 Å². The topological polar surface area (TPSA) is 91.0 Å². The van der Waals surface area contributed by atoms with Gasteiger partial charge in [-0.1, -0.05) is 12.1 Å². The molecule has 18 heavy (non-hydrogen) atoms. The number of carbonyl (C=O) groups excluding carboxylic acids is 1. The van der Waals surface area contributed by atoms with Crippen LogP contribution in [0.3, 0.4) is 0 Å². The van der Waals surface area contributed by atoms with E-state index in [1.807, 2.05) is 0 Å². The van der Waals surface area contributed by atoms with Crippen LogP contribution in [0.15, 0.2) is 48.8 Å². The number of hydrogen-bond donors (Lipinski definition) is 4. The van der Waals surface area contributed by atoms with E-state index >= 15 is 0 Å². The number of urea groups is 1. The van der Waals surface area contributed by atoms with Gasteiger partial charge in [-0.2, -0.15) is 0 Å². The first-order chi connectivity index (χ1) is 8.84. The van der Waals surface area contributed by atoms with Gasteiger partial charge in [-0.3, -0.25) is 10.9 Å². The van der Waals surface area contributed by atoms with E-state index in [1.165, 1.54) is 0 Å². The molecule has 0 unspecified atom stereocenters. The summed E-state index contributed by atoms with van der Waals surface area (Å²) in [7, 11) is 0. The zero-order chi connectivity index (χ0) is 12.6. The molecule has 0 saturated carbocycles. The van der Waals surface area contributed by atoms with Crippen molar-refractivity contribution in [1.82, 2.24) is 20.8 Å². The molecule has 2 rings (SSSR count). The molecule has 0 radical (unpaired) electrons. The Hall–Kier alpha value is -2.83. The van der Waals surface area contributed by atoms with E-state index in [4.69, 9.17) is 0 Å². The van der Waals surface area contributed by atoms with Crippen LogP contribution in [0.2, 0.25) is 0 Å². The fourth-order valence-electron chi connectivity index (χ4n) is 1.15. The molecule has 7 heteroatoms. The number of pyridine rings is 2. The molecule has 0 aliphatic carbocycles.